The Morgan fingerprint density at radius 3 is 2.34 bits per heavy atom. The molecule has 6 atom stereocenters. The maximum absolute atomic E-state index is 6.91. The number of rotatable bonds is 15. The van der Waals surface area contributed by atoms with Crippen LogP contribution in [0.15, 0.2) is 71.3 Å². The van der Waals surface area contributed by atoms with Gasteiger partial charge in [-0.1, -0.05) is 77.7 Å². The van der Waals surface area contributed by atoms with Crippen molar-refractivity contribution in [1.82, 2.24) is 9.80 Å². The van der Waals surface area contributed by atoms with E-state index in [1.54, 1.807) is 0 Å². The fraction of sp³-hybridized carbons (Fsp3) is 0.550. The number of allylic oxidation sites excluding steroid dienone is 4. The lowest BCUT2D eigenvalue weighted by Gasteiger charge is -2.47. The number of nitrogen functional groups attached to an aromatic ring is 1. The standard InChI is InChI=1S/C40H53Cl3N4O3/c1-2-27-17-33-35(28-5-3-7-31(44)19-28)23-46(25-37(33)39(42)18-27)9-11-48-13-15-50-16-14-49-12-10-47-24-36(29-6-4-8-32(45)20-29)34-21-30(41)22-40(43)38(34)26-47/h3-6,8,17-18,20-22,28,31,33,35-37H,2,7,9-16,19,23-26,44-45H2,1H3. The zero-order valence-corrected chi connectivity index (χ0v) is 31.5. The molecule has 10 heteroatoms. The summed E-state index contributed by atoms with van der Waals surface area (Å²) in [7, 11) is 0. The number of hydrogen-bond donors (Lipinski definition) is 2. The lowest BCUT2D eigenvalue weighted by Crippen LogP contribution is -2.50. The second-order valence-corrected chi connectivity index (χ2v) is 15.6. The summed E-state index contributed by atoms with van der Waals surface area (Å²) in [5.41, 5.74) is 18.1. The van der Waals surface area contributed by atoms with Gasteiger partial charge >= 0.3 is 0 Å². The Balaban J connectivity index is 0.881. The minimum absolute atomic E-state index is 0.135. The molecule has 6 unspecified atom stereocenters. The van der Waals surface area contributed by atoms with Gasteiger partial charge in [-0.25, -0.2) is 0 Å². The van der Waals surface area contributed by atoms with Gasteiger partial charge in [0, 0.05) is 77.9 Å². The SMILES string of the molecule is CCC1=CC2C(CN(CCOCCOCCOCCN3Cc4c(Cl)cc(Cl)cc4C(c4cccc(N)c4)C3)CC2C2C=CCC(N)C2)C(Cl)=C1. The zero-order valence-electron chi connectivity index (χ0n) is 29.3. The summed E-state index contributed by atoms with van der Waals surface area (Å²) in [5, 5.41) is 2.36. The van der Waals surface area contributed by atoms with Crippen LogP contribution in [0.2, 0.25) is 10.0 Å². The smallest absolute Gasteiger partial charge is 0.0701 e. The van der Waals surface area contributed by atoms with E-state index in [1.165, 1.54) is 11.1 Å². The van der Waals surface area contributed by atoms with E-state index in [0.717, 1.165) is 80.4 Å². The molecule has 2 aromatic rings. The van der Waals surface area contributed by atoms with Crippen LogP contribution in [0.1, 0.15) is 48.8 Å². The molecule has 2 aliphatic carbocycles. The first-order valence-corrected chi connectivity index (χ1v) is 19.4. The van der Waals surface area contributed by atoms with Crippen LogP contribution >= 0.6 is 34.8 Å². The van der Waals surface area contributed by atoms with Gasteiger partial charge in [-0.2, -0.15) is 0 Å². The summed E-state index contributed by atoms with van der Waals surface area (Å²) in [6.07, 6.45) is 12.4. The normalized spacial score (nSPS) is 27.1. The molecule has 2 aromatic carbocycles. The molecule has 0 saturated carbocycles. The minimum Gasteiger partial charge on any atom is -0.399 e. The highest BCUT2D eigenvalue weighted by Crippen LogP contribution is 2.45. The van der Waals surface area contributed by atoms with Crippen LogP contribution in [0, 0.1) is 23.7 Å². The number of nitrogens with zero attached hydrogens (tertiary/aromatic N) is 2. The summed E-state index contributed by atoms with van der Waals surface area (Å²) < 4.78 is 17.8. The van der Waals surface area contributed by atoms with Crippen molar-refractivity contribution in [3.8, 4) is 0 Å². The highest BCUT2D eigenvalue weighted by Gasteiger charge is 2.42. The van der Waals surface area contributed by atoms with Crippen LogP contribution in [0.4, 0.5) is 5.69 Å². The fourth-order valence-electron chi connectivity index (χ4n) is 8.28. The molecule has 0 aromatic heterocycles. The van der Waals surface area contributed by atoms with Crippen molar-refractivity contribution in [3.05, 3.63) is 98.0 Å². The number of benzene rings is 2. The molecular formula is C40H53Cl3N4O3. The molecule has 1 fully saturated rings. The van der Waals surface area contributed by atoms with Crippen molar-refractivity contribution < 1.29 is 14.2 Å². The molecule has 0 bridgehead atoms. The summed E-state index contributed by atoms with van der Waals surface area (Å²) in [6.45, 7) is 11.0. The van der Waals surface area contributed by atoms with Gasteiger partial charge in [-0.15, -0.1) is 0 Å². The third kappa shape index (κ3) is 9.74. The minimum atomic E-state index is 0.135. The number of ether oxygens (including phenoxy) is 3. The van der Waals surface area contributed by atoms with Crippen molar-refractivity contribution in [2.75, 3.05) is 78.1 Å². The fourth-order valence-corrected chi connectivity index (χ4v) is 9.21. The van der Waals surface area contributed by atoms with Crippen LogP contribution < -0.4 is 11.5 Å². The van der Waals surface area contributed by atoms with E-state index in [4.69, 9.17) is 60.5 Å². The van der Waals surface area contributed by atoms with E-state index in [0.29, 0.717) is 73.4 Å². The van der Waals surface area contributed by atoms with Crippen LogP contribution in [-0.2, 0) is 20.8 Å². The number of piperidine rings is 1. The number of anilines is 1. The lowest BCUT2D eigenvalue weighted by atomic mass is 9.67. The topological polar surface area (TPSA) is 86.2 Å². The van der Waals surface area contributed by atoms with Crippen LogP contribution in [0.5, 0.6) is 0 Å². The number of hydrogen-bond acceptors (Lipinski definition) is 7. The van der Waals surface area contributed by atoms with Gasteiger partial charge in [0.25, 0.3) is 0 Å². The highest BCUT2D eigenvalue weighted by atomic mass is 35.5. The predicted molar refractivity (Wildman–Crippen MR) is 206 cm³/mol. The Hall–Kier alpha value is -1.91. The molecule has 1 saturated heterocycles. The van der Waals surface area contributed by atoms with E-state index in [1.807, 2.05) is 30.3 Å². The third-order valence-corrected chi connectivity index (χ3v) is 11.8. The van der Waals surface area contributed by atoms with Gasteiger partial charge in [-0.05, 0) is 84.0 Å². The Kier molecular flexibility index (Phi) is 13.8. The maximum atomic E-state index is 6.91. The van der Waals surface area contributed by atoms with Gasteiger partial charge in [0.05, 0.1) is 39.6 Å². The Morgan fingerprint density at radius 2 is 1.62 bits per heavy atom. The van der Waals surface area contributed by atoms with Gasteiger partial charge in [-0.3, -0.25) is 4.90 Å². The molecule has 0 amide bonds. The second-order valence-electron chi connectivity index (χ2n) is 14.3. The van der Waals surface area contributed by atoms with E-state index in [-0.39, 0.29) is 12.0 Å². The average molecular weight is 744 g/mol. The number of nitrogens with two attached hydrogens (primary N) is 2. The van der Waals surface area contributed by atoms with Crippen molar-refractivity contribution in [1.29, 1.82) is 0 Å². The molecule has 50 heavy (non-hydrogen) atoms. The van der Waals surface area contributed by atoms with E-state index in [2.05, 4.69) is 47.1 Å². The Labute approximate surface area is 313 Å². The number of halogens is 3. The Bertz CT molecular complexity index is 1530. The van der Waals surface area contributed by atoms with E-state index in [9.17, 15) is 0 Å². The largest absolute Gasteiger partial charge is 0.399 e. The Morgan fingerprint density at radius 1 is 0.880 bits per heavy atom. The summed E-state index contributed by atoms with van der Waals surface area (Å²) in [6, 6.07) is 12.2. The zero-order chi connectivity index (χ0) is 35.0. The molecule has 0 radical (unpaired) electrons. The molecule has 2 heterocycles. The summed E-state index contributed by atoms with van der Waals surface area (Å²) in [5.74, 6) is 1.94. The van der Waals surface area contributed by atoms with E-state index < -0.39 is 0 Å². The van der Waals surface area contributed by atoms with Gasteiger partial charge < -0.3 is 30.6 Å². The monoisotopic (exact) mass is 742 g/mol. The summed E-state index contributed by atoms with van der Waals surface area (Å²) in [4.78, 5) is 4.92. The summed E-state index contributed by atoms with van der Waals surface area (Å²) >= 11 is 20.0. The van der Waals surface area contributed by atoms with Crippen LogP contribution in [0.3, 0.4) is 0 Å². The molecule has 4 aliphatic rings. The molecule has 0 spiro atoms. The van der Waals surface area contributed by atoms with Crippen molar-refractivity contribution in [2.45, 2.75) is 44.7 Å². The lowest BCUT2D eigenvalue weighted by molar-refractivity contribution is -0.000222. The molecule has 4 N–H and O–H groups in total. The molecule has 6 rings (SSSR count). The highest BCUT2D eigenvalue weighted by molar-refractivity contribution is 6.35. The maximum Gasteiger partial charge on any atom is 0.0701 e. The quantitative estimate of drug-likeness (QED) is 0.111. The van der Waals surface area contributed by atoms with Gasteiger partial charge in [0.1, 0.15) is 0 Å². The third-order valence-electron chi connectivity index (χ3n) is 10.9. The molecular weight excluding hydrogens is 691 g/mol. The van der Waals surface area contributed by atoms with Crippen LogP contribution in [-0.4, -0.2) is 88.2 Å². The van der Waals surface area contributed by atoms with Crippen LogP contribution in [0.25, 0.3) is 0 Å². The molecule has 7 nitrogen and oxygen atoms in total. The van der Waals surface area contributed by atoms with Gasteiger partial charge in [0.15, 0.2) is 0 Å². The first-order chi connectivity index (χ1) is 24.3. The van der Waals surface area contributed by atoms with Gasteiger partial charge in [0.2, 0.25) is 0 Å². The molecule has 2 aliphatic heterocycles. The number of fused-ring (bicyclic) bond motifs is 2. The first kappa shape index (κ1) is 37.8. The first-order valence-electron chi connectivity index (χ1n) is 18.3. The second kappa shape index (κ2) is 18.2. The predicted octanol–water partition coefficient (Wildman–Crippen LogP) is 7.50. The van der Waals surface area contributed by atoms with Crippen molar-refractivity contribution in [2.24, 2.45) is 29.4 Å². The average Bonchev–Trinajstić information content (AvgIpc) is 3.10. The number of likely N-dealkylation sites (tertiary alicyclic amines) is 1. The van der Waals surface area contributed by atoms with Crippen molar-refractivity contribution in [3.63, 3.8) is 0 Å². The van der Waals surface area contributed by atoms with Crippen molar-refractivity contribution >= 4 is 40.5 Å². The van der Waals surface area contributed by atoms with E-state index >= 15 is 0 Å². The molecule has 272 valence electrons.